The van der Waals surface area contributed by atoms with Crippen molar-refractivity contribution in [2.45, 2.75) is 39.2 Å². The third-order valence-electron chi connectivity index (χ3n) is 3.80. The van der Waals surface area contributed by atoms with Crippen LogP contribution >= 0.6 is 15.9 Å². The summed E-state index contributed by atoms with van der Waals surface area (Å²) in [7, 11) is 0. The van der Waals surface area contributed by atoms with Crippen LogP contribution in [0.15, 0.2) is 22.7 Å². The van der Waals surface area contributed by atoms with Gasteiger partial charge in [-0.2, -0.15) is 0 Å². The molecule has 3 heteroatoms. The van der Waals surface area contributed by atoms with Gasteiger partial charge in [0, 0.05) is 16.6 Å². The van der Waals surface area contributed by atoms with Gasteiger partial charge in [0.05, 0.1) is 0 Å². The molecule has 0 heterocycles. The van der Waals surface area contributed by atoms with Crippen molar-refractivity contribution >= 4 is 15.9 Å². The maximum Gasteiger partial charge on any atom is 0.127 e. The molecule has 1 saturated carbocycles. The van der Waals surface area contributed by atoms with Crippen molar-refractivity contribution in [2.24, 2.45) is 11.8 Å². The van der Waals surface area contributed by atoms with Crippen molar-refractivity contribution < 1.29 is 4.39 Å². The summed E-state index contributed by atoms with van der Waals surface area (Å²) in [6, 6.07) is 5.11. The molecule has 18 heavy (non-hydrogen) atoms. The van der Waals surface area contributed by atoms with Crippen molar-refractivity contribution in [1.29, 1.82) is 0 Å². The van der Waals surface area contributed by atoms with E-state index in [9.17, 15) is 4.39 Å². The number of benzene rings is 1. The smallest absolute Gasteiger partial charge is 0.127 e. The fraction of sp³-hybridized carbons (Fsp3) is 0.600. The van der Waals surface area contributed by atoms with Gasteiger partial charge in [0.15, 0.2) is 0 Å². The first-order chi connectivity index (χ1) is 8.65. The highest BCUT2D eigenvalue weighted by Crippen LogP contribution is 2.28. The molecule has 0 aromatic heterocycles. The quantitative estimate of drug-likeness (QED) is 0.862. The standard InChI is InChI=1S/C15H21BrFN/c1-11-3-2-4-12(7-11)9-18-10-13-8-14(16)5-6-15(13)17/h5-6,8,11-12,18H,2-4,7,9-10H2,1H3. The zero-order chi connectivity index (χ0) is 13.0. The Hall–Kier alpha value is -0.410. The molecule has 0 saturated heterocycles. The van der Waals surface area contributed by atoms with E-state index in [-0.39, 0.29) is 5.82 Å². The summed E-state index contributed by atoms with van der Waals surface area (Å²) in [5, 5.41) is 3.40. The predicted octanol–water partition coefficient (Wildman–Crippen LogP) is 4.50. The van der Waals surface area contributed by atoms with Gasteiger partial charge in [-0.15, -0.1) is 0 Å². The lowest BCUT2D eigenvalue weighted by Gasteiger charge is -2.26. The molecule has 1 aliphatic carbocycles. The van der Waals surface area contributed by atoms with E-state index in [0.717, 1.165) is 28.4 Å². The summed E-state index contributed by atoms with van der Waals surface area (Å²) in [5.74, 6) is 1.50. The highest BCUT2D eigenvalue weighted by Gasteiger charge is 2.18. The van der Waals surface area contributed by atoms with Gasteiger partial charge in [0.25, 0.3) is 0 Å². The molecule has 2 unspecified atom stereocenters. The van der Waals surface area contributed by atoms with Crippen LogP contribution in [-0.2, 0) is 6.54 Å². The Labute approximate surface area is 117 Å². The Bertz CT molecular complexity index is 394. The number of hydrogen-bond donors (Lipinski definition) is 1. The first-order valence-corrected chi connectivity index (χ1v) is 7.59. The van der Waals surface area contributed by atoms with Crippen molar-refractivity contribution in [3.63, 3.8) is 0 Å². The van der Waals surface area contributed by atoms with Crippen molar-refractivity contribution in [3.05, 3.63) is 34.1 Å². The third-order valence-corrected chi connectivity index (χ3v) is 4.29. The number of hydrogen-bond acceptors (Lipinski definition) is 1. The summed E-state index contributed by atoms with van der Waals surface area (Å²) >= 11 is 3.38. The average Bonchev–Trinajstić information content (AvgIpc) is 2.34. The molecular weight excluding hydrogens is 293 g/mol. The van der Waals surface area contributed by atoms with E-state index in [0.29, 0.717) is 6.54 Å². The van der Waals surface area contributed by atoms with E-state index >= 15 is 0 Å². The molecule has 2 rings (SSSR count). The average molecular weight is 314 g/mol. The molecule has 100 valence electrons. The van der Waals surface area contributed by atoms with E-state index in [1.807, 2.05) is 6.07 Å². The molecule has 0 radical (unpaired) electrons. The molecule has 1 aromatic rings. The lowest BCUT2D eigenvalue weighted by Crippen LogP contribution is -2.26. The normalized spacial score (nSPS) is 24.2. The van der Waals surface area contributed by atoms with Gasteiger partial charge in [0.2, 0.25) is 0 Å². The molecule has 1 N–H and O–H groups in total. The van der Waals surface area contributed by atoms with Crippen LogP contribution in [0, 0.1) is 17.7 Å². The molecule has 1 nitrogen and oxygen atoms in total. The minimum Gasteiger partial charge on any atom is -0.312 e. The molecule has 0 bridgehead atoms. The van der Waals surface area contributed by atoms with Crippen molar-refractivity contribution in [1.82, 2.24) is 5.32 Å². The Morgan fingerprint density at radius 1 is 1.39 bits per heavy atom. The number of nitrogens with one attached hydrogen (secondary N) is 1. The molecule has 1 aliphatic rings. The second kappa shape index (κ2) is 6.67. The maximum atomic E-state index is 13.5. The minimum absolute atomic E-state index is 0.122. The Morgan fingerprint density at radius 3 is 3.00 bits per heavy atom. The molecule has 0 spiro atoms. The highest BCUT2D eigenvalue weighted by atomic mass is 79.9. The van der Waals surface area contributed by atoms with Gasteiger partial charge in [-0.3, -0.25) is 0 Å². The lowest BCUT2D eigenvalue weighted by atomic mass is 9.82. The molecule has 0 amide bonds. The van der Waals surface area contributed by atoms with Gasteiger partial charge >= 0.3 is 0 Å². The van der Waals surface area contributed by atoms with E-state index < -0.39 is 0 Å². The summed E-state index contributed by atoms with van der Waals surface area (Å²) in [5.41, 5.74) is 0.744. The summed E-state index contributed by atoms with van der Waals surface area (Å²) in [4.78, 5) is 0. The molecule has 2 atom stereocenters. The zero-order valence-corrected chi connectivity index (χ0v) is 12.5. The second-order valence-corrected chi connectivity index (χ2v) is 6.42. The number of rotatable bonds is 4. The van der Waals surface area contributed by atoms with E-state index in [1.165, 1.54) is 31.7 Å². The van der Waals surface area contributed by atoms with Gasteiger partial charge in [-0.1, -0.05) is 35.7 Å². The second-order valence-electron chi connectivity index (χ2n) is 5.50. The molecule has 1 aromatic carbocycles. The Balaban J connectivity index is 1.79. The largest absolute Gasteiger partial charge is 0.312 e. The van der Waals surface area contributed by atoms with Gasteiger partial charge < -0.3 is 5.32 Å². The summed E-state index contributed by atoms with van der Waals surface area (Å²) in [6.07, 6.45) is 5.35. The minimum atomic E-state index is -0.122. The highest BCUT2D eigenvalue weighted by molar-refractivity contribution is 9.10. The van der Waals surface area contributed by atoms with E-state index in [4.69, 9.17) is 0 Å². The van der Waals surface area contributed by atoms with Gasteiger partial charge in [-0.25, -0.2) is 4.39 Å². The predicted molar refractivity (Wildman–Crippen MR) is 76.9 cm³/mol. The van der Waals surface area contributed by atoms with Crippen LogP contribution in [0.4, 0.5) is 4.39 Å². The topological polar surface area (TPSA) is 12.0 Å². The van der Waals surface area contributed by atoms with E-state index in [2.05, 4.69) is 28.2 Å². The van der Waals surface area contributed by atoms with Gasteiger partial charge in [-0.05, 0) is 49.4 Å². The van der Waals surface area contributed by atoms with Crippen LogP contribution in [-0.4, -0.2) is 6.54 Å². The van der Waals surface area contributed by atoms with Crippen LogP contribution in [0.25, 0.3) is 0 Å². The van der Waals surface area contributed by atoms with Gasteiger partial charge in [0.1, 0.15) is 5.82 Å². The lowest BCUT2D eigenvalue weighted by molar-refractivity contribution is 0.274. The van der Waals surface area contributed by atoms with Crippen LogP contribution in [0.2, 0.25) is 0 Å². The molecular formula is C15H21BrFN. The Morgan fingerprint density at radius 2 is 2.22 bits per heavy atom. The summed E-state index contributed by atoms with van der Waals surface area (Å²) in [6.45, 7) is 3.96. The maximum absolute atomic E-state index is 13.5. The number of halogens is 2. The van der Waals surface area contributed by atoms with Crippen LogP contribution in [0.1, 0.15) is 38.2 Å². The monoisotopic (exact) mass is 313 g/mol. The van der Waals surface area contributed by atoms with Crippen LogP contribution in [0.5, 0.6) is 0 Å². The first-order valence-electron chi connectivity index (χ1n) is 6.80. The summed E-state index contributed by atoms with van der Waals surface area (Å²) < 4.78 is 14.5. The van der Waals surface area contributed by atoms with Crippen LogP contribution < -0.4 is 5.32 Å². The fourth-order valence-electron chi connectivity index (χ4n) is 2.83. The van der Waals surface area contributed by atoms with Crippen molar-refractivity contribution in [2.75, 3.05) is 6.54 Å². The third kappa shape index (κ3) is 4.06. The Kier molecular flexibility index (Phi) is 5.19. The van der Waals surface area contributed by atoms with Crippen LogP contribution in [0.3, 0.4) is 0 Å². The molecule has 0 aliphatic heterocycles. The fourth-order valence-corrected chi connectivity index (χ4v) is 3.24. The SMILES string of the molecule is CC1CCCC(CNCc2cc(Br)ccc2F)C1. The first kappa shape index (κ1) is 14.0. The molecule has 1 fully saturated rings. The zero-order valence-electron chi connectivity index (χ0n) is 10.9. The van der Waals surface area contributed by atoms with Crippen molar-refractivity contribution in [3.8, 4) is 0 Å². The van der Waals surface area contributed by atoms with E-state index in [1.54, 1.807) is 6.07 Å².